The van der Waals surface area contributed by atoms with Gasteiger partial charge in [0.1, 0.15) is 0 Å². The third kappa shape index (κ3) is 3.22. The second kappa shape index (κ2) is 5.84. The Labute approximate surface area is 129 Å². The lowest BCUT2D eigenvalue weighted by atomic mass is 9.98. The number of hydrogen-bond acceptors (Lipinski definition) is 0. The van der Waals surface area contributed by atoms with Gasteiger partial charge in [-0.05, 0) is 35.4 Å². The van der Waals surface area contributed by atoms with Crippen LogP contribution < -0.4 is 0 Å². The number of rotatable bonds is 2. The lowest BCUT2D eigenvalue weighted by Gasteiger charge is -2.13. The van der Waals surface area contributed by atoms with Gasteiger partial charge in [0, 0.05) is 21.5 Å². The van der Waals surface area contributed by atoms with Crippen LogP contribution in [0.1, 0.15) is 11.1 Å². The molecular weight excluding hydrogens is 332 g/mol. The average molecular weight is 340 g/mol. The Balaban J connectivity index is 2.57. The molecule has 106 valence electrons. The molecule has 2 aromatic carbocycles. The van der Waals surface area contributed by atoms with Crippen LogP contribution in [-0.2, 0) is 12.1 Å². The van der Waals surface area contributed by atoms with E-state index in [-0.39, 0.29) is 5.88 Å². The van der Waals surface area contributed by atoms with Crippen molar-refractivity contribution in [1.82, 2.24) is 0 Å². The minimum Gasteiger partial charge on any atom is -0.166 e. The molecule has 20 heavy (non-hydrogen) atoms. The van der Waals surface area contributed by atoms with Crippen LogP contribution in [0.15, 0.2) is 36.4 Å². The second-order valence-corrected chi connectivity index (χ2v) is 5.24. The van der Waals surface area contributed by atoms with Crippen molar-refractivity contribution in [2.75, 3.05) is 0 Å². The third-order valence-electron chi connectivity index (χ3n) is 2.80. The van der Waals surface area contributed by atoms with Gasteiger partial charge in [-0.3, -0.25) is 0 Å². The van der Waals surface area contributed by atoms with E-state index in [0.29, 0.717) is 26.7 Å². The van der Waals surface area contributed by atoms with Crippen molar-refractivity contribution in [3.63, 3.8) is 0 Å². The topological polar surface area (TPSA) is 0 Å². The molecule has 2 aromatic rings. The van der Waals surface area contributed by atoms with Crippen molar-refractivity contribution < 1.29 is 13.2 Å². The lowest BCUT2D eigenvalue weighted by molar-refractivity contribution is -0.137. The van der Waals surface area contributed by atoms with Gasteiger partial charge < -0.3 is 0 Å². The van der Waals surface area contributed by atoms with Gasteiger partial charge >= 0.3 is 6.18 Å². The summed E-state index contributed by atoms with van der Waals surface area (Å²) in [7, 11) is 0. The van der Waals surface area contributed by atoms with Crippen molar-refractivity contribution in [3.05, 3.63) is 57.6 Å². The first-order valence-corrected chi connectivity index (χ1v) is 6.83. The van der Waals surface area contributed by atoms with E-state index in [9.17, 15) is 13.2 Å². The zero-order chi connectivity index (χ0) is 14.9. The van der Waals surface area contributed by atoms with Gasteiger partial charge in [-0.25, -0.2) is 0 Å². The van der Waals surface area contributed by atoms with Crippen molar-refractivity contribution in [2.24, 2.45) is 0 Å². The molecule has 0 spiro atoms. The summed E-state index contributed by atoms with van der Waals surface area (Å²) in [5.74, 6) is -0.0434. The van der Waals surface area contributed by atoms with Crippen molar-refractivity contribution in [1.29, 1.82) is 0 Å². The average Bonchev–Trinajstić information content (AvgIpc) is 2.37. The SMILES string of the molecule is FC(F)(F)c1ccc(-c2ccc(Cl)cc2Cl)c(CCl)c1. The molecule has 0 amide bonds. The van der Waals surface area contributed by atoms with Crippen LogP contribution in [-0.4, -0.2) is 0 Å². The van der Waals surface area contributed by atoms with Crippen LogP contribution >= 0.6 is 34.8 Å². The monoisotopic (exact) mass is 338 g/mol. The molecule has 0 fully saturated rings. The Morgan fingerprint density at radius 2 is 1.55 bits per heavy atom. The number of halogens is 6. The van der Waals surface area contributed by atoms with Crippen molar-refractivity contribution in [3.8, 4) is 11.1 Å². The molecule has 2 rings (SSSR count). The van der Waals surface area contributed by atoms with Gasteiger partial charge in [-0.15, -0.1) is 11.6 Å². The molecule has 0 radical (unpaired) electrons. The Bertz CT molecular complexity index is 636. The van der Waals surface area contributed by atoms with E-state index in [1.54, 1.807) is 12.1 Å². The molecule has 0 nitrogen and oxygen atoms in total. The minimum atomic E-state index is -4.40. The lowest BCUT2D eigenvalue weighted by Crippen LogP contribution is -2.05. The molecule has 0 N–H and O–H groups in total. The molecule has 0 saturated heterocycles. The van der Waals surface area contributed by atoms with Gasteiger partial charge in [0.2, 0.25) is 0 Å². The molecule has 0 saturated carbocycles. The fraction of sp³-hybridized carbons (Fsp3) is 0.143. The summed E-state index contributed by atoms with van der Waals surface area (Å²) in [5, 5.41) is 0.821. The first-order chi connectivity index (χ1) is 9.32. The maximum atomic E-state index is 12.7. The summed E-state index contributed by atoms with van der Waals surface area (Å²) in [4.78, 5) is 0. The number of alkyl halides is 4. The van der Waals surface area contributed by atoms with Crippen LogP contribution in [0.3, 0.4) is 0 Å². The molecular formula is C14H8Cl3F3. The normalized spacial score (nSPS) is 11.7. The smallest absolute Gasteiger partial charge is 0.166 e. The van der Waals surface area contributed by atoms with Crippen molar-refractivity contribution >= 4 is 34.8 Å². The van der Waals surface area contributed by atoms with E-state index in [1.807, 2.05) is 0 Å². The maximum absolute atomic E-state index is 12.7. The summed E-state index contributed by atoms with van der Waals surface area (Å²) < 4.78 is 38.1. The molecule has 0 heterocycles. The summed E-state index contributed by atoms with van der Waals surface area (Å²) in [6, 6.07) is 8.23. The molecule has 0 aromatic heterocycles. The van der Waals surface area contributed by atoms with Gasteiger partial charge in [0.15, 0.2) is 0 Å². The fourth-order valence-corrected chi connectivity index (χ4v) is 2.58. The van der Waals surface area contributed by atoms with Gasteiger partial charge in [0.25, 0.3) is 0 Å². The molecule has 0 aliphatic heterocycles. The molecule has 0 aliphatic rings. The summed E-state index contributed by atoms with van der Waals surface area (Å²) in [5.41, 5.74) is 0.794. The maximum Gasteiger partial charge on any atom is 0.416 e. The minimum absolute atomic E-state index is 0.0434. The first-order valence-electron chi connectivity index (χ1n) is 5.54. The summed E-state index contributed by atoms with van der Waals surface area (Å²) in [6.07, 6.45) is -4.40. The van der Waals surface area contributed by atoms with E-state index < -0.39 is 11.7 Å². The van der Waals surface area contributed by atoms with Crippen LogP contribution in [0.5, 0.6) is 0 Å². The van der Waals surface area contributed by atoms with E-state index in [2.05, 4.69) is 0 Å². The highest BCUT2D eigenvalue weighted by molar-refractivity contribution is 6.36. The van der Waals surface area contributed by atoms with E-state index in [1.165, 1.54) is 12.1 Å². The van der Waals surface area contributed by atoms with E-state index in [0.717, 1.165) is 12.1 Å². The standard InChI is InChI=1S/C14H8Cl3F3/c15-7-8-5-9(14(18,19)20)1-3-11(8)12-4-2-10(16)6-13(12)17/h1-6H,7H2. The van der Waals surface area contributed by atoms with Crippen LogP contribution in [0.25, 0.3) is 11.1 Å². The van der Waals surface area contributed by atoms with Gasteiger partial charge in [0.05, 0.1) is 5.56 Å². The zero-order valence-corrected chi connectivity index (χ0v) is 12.2. The first kappa shape index (κ1) is 15.5. The number of hydrogen-bond donors (Lipinski definition) is 0. The molecule has 0 bridgehead atoms. The fourth-order valence-electron chi connectivity index (χ4n) is 1.85. The summed E-state index contributed by atoms with van der Waals surface area (Å²) in [6.45, 7) is 0. The largest absolute Gasteiger partial charge is 0.416 e. The molecule has 0 unspecified atom stereocenters. The van der Waals surface area contributed by atoms with Gasteiger partial charge in [-0.2, -0.15) is 13.2 Å². The van der Waals surface area contributed by atoms with Crippen LogP contribution in [0, 0.1) is 0 Å². The Morgan fingerprint density at radius 1 is 0.900 bits per heavy atom. The number of benzene rings is 2. The molecule has 0 aliphatic carbocycles. The molecule has 0 atom stereocenters. The predicted molar refractivity (Wildman–Crippen MR) is 76.5 cm³/mol. The highest BCUT2D eigenvalue weighted by Crippen LogP contribution is 2.37. The van der Waals surface area contributed by atoms with Gasteiger partial charge in [-0.1, -0.05) is 35.3 Å². The summed E-state index contributed by atoms with van der Waals surface area (Å²) >= 11 is 17.6. The highest BCUT2D eigenvalue weighted by atomic mass is 35.5. The van der Waals surface area contributed by atoms with E-state index in [4.69, 9.17) is 34.8 Å². The highest BCUT2D eigenvalue weighted by Gasteiger charge is 2.31. The van der Waals surface area contributed by atoms with Crippen LogP contribution in [0.4, 0.5) is 13.2 Å². The molecule has 6 heteroatoms. The van der Waals surface area contributed by atoms with Crippen LogP contribution in [0.2, 0.25) is 10.0 Å². The third-order valence-corrected chi connectivity index (χ3v) is 3.63. The predicted octanol–water partition coefficient (Wildman–Crippen LogP) is 6.42. The van der Waals surface area contributed by atoms with E-state index >= 15 is 0 Å². The van der Waals surface area contributed by atoms with Crippen molar-refractivity contribution in [2.45, 2.75) is 12.1 Å². The zero-order valence-electron chi connectivity index (χ0n) is 9.94. The second-order valence-electron chi connectivity index (χ2n) is 4.13. The quantitative estimate of drug-likeness (QED) is 0.554. The Hall–Kier alpha value is -0.900. The Morgan fingerprint density at radius 3 is 2.10 bits per heavy atom. The Kier molecular flexibility index (Phi) is 4.52.